The number of halogens is 2. The zero-order chi connectivity index (χ0) is 46.4. The Morgan fingerprint density at radius 2 is 1.07 bits per heavy atom. The van der Waals surface area contributed by atoms with E-state index in [1.165, 1.54) is 12.1 Å². The summed E-state index contributed by atoms with van der Waals surface area (Å²) in [6, 6.07) is 34.5. The highest BCUT2D eigenvalue weighted by Crippen LogP contribution is 2.34. The monoisotopic (exact) mass is 896 g/mol. The fourth-order valence-corrected chi connectivity index (χ4v) is 9.26. The van der Waals surface area contributed by atoms with Gasteiger partial charge in [-0.05, 0) is 80.3 Å². The van der Waals surface area contributed by atoms with Crippen molar-refractivity contribution in [2.24, 2.45) is 14.1 Å². The Hall–Kier alpha value is -7.66. The van der Waals surface area contributed by atoms with Gasteiger partial charge in [0, 0.05) is 99.4 Å². The third kappa shape index (κ3) is 9.54. The minimum Gasteiger partial charge on any atom is -0.354 e. The van der Waals surface area contributed by atoms with Gasteiger partial charge in [-0.3, -0.25) is 14.3 Å². The summed E-state index contributed by atoms with van der Waals surface area (Å²) in [6.45, 7) is 4.79. The molecule has 2 saturated heterocycles. The number of anilines is 2. The van der Waals surface area contributed by atoms with Crippen molar-refractivity contribution in [3.63, 3.8) is 0 Å². The molecule has 2 aliphatic rings. The molecule has 0 aliphatic carbocycles. The first-order valence-corrected chi connectivity index (χ1v) is 22.5. The Morgan fingerprint density at radius 3 is 1.55 bits per heavy atom. The molecule has 2 aliphatic heterocycles. The Balaban J connectivity index is 0.000000168. The molecular weight excluding hydrogens is 847 g/mol. The van der Waals surface area contributed by atoms with Crippen LogP contribution in [0.2, 0.25) is 0 Å². The molecule has 16 heteroatoms. The number of aromatic nitrogens is 8. The normalized spacial score (nSPS) is 14.6. The number of hydrogen-bond donors (Lipinski definition) is 1. The molecule has 4 aromatic heterocycles. The van der Waals surface area contributed by atoms with Crippen LogP contribution in [0.5, 0.6) is 0 Å². The van der Waals surface area contributed by atoms with Crippen molar-refractivity contribution in [2.75, 3.05) is 43.0 Å². The van der Waals surface area contributed by atoms with E-state index in [0.29, 0.717) is 25.2 Å². The Morgan fingerprint density at radius 1 is 0.612 bits per heavy atom. The van der Waals surface area contributed by atoms with Gasteiger partial charge in [0.25, 0.3) is 0 Å². The summed E-state index contributed by atoms with van der Waals surface area (Å²) >= 11 is 0. The molecule has 67 heavy (non-hydrogen) atoms. The van der Waals surface area contributed by atoms with Crippen LogP contribution < -0.4 is 15.1 Å². The SMILES string of the molecule is CN(Cc1ccc(F)c(C#N)c1)C1CCN(c2nnc(-c3ccnn3C)c3ccccc23)CC1.Cn1nccc1-c1nnc(N2CCC(NCc3ccc(F)c(C#N)c3)CC2)c2ccccc12. The van der Waals surface area contributed by atoms with E-state index in [0.717, 1.165) is 119 Å². The first-order valence-electron chi connectivity index (χ1n) is 22.5. The maximum absolute atomic E-state index is 13.6. The van der Waals surface area contributed by atoms with Crippen molar-refractivity contribution < 1.29 is 8.78 Å². The topological polar surface area (TPSA) is 157 Å². The van der Waals surface area contributed by atoms with Gasteiger partial charge in [-0.2, -0.15) is 20.7 Å². The number of rotatable bonds is 10. The van der Waals surface area contributed by atoms with Gasteiger partial charge in [0.1, 0.15) is 35.2 Å². The molecule has 6 heterocycles. The fourth-order valence-electron chi connectivity index (χ4n) is 9.26. The van der Waals surface area contributed by atoms with E-state index in [1.54, 1.807) is 36.7 Å². The summed E-state index contributed by atoms with van der Waals surface area (Å²) < 4.78 is 30.8. The van der Waals surface area contributed by atoms with Crippen molar-refractivity contribution in [1.29, 1.82) is 10.5 Å². The lowest BCUT2D eigenvalue weighted by molar-refractivity contribution is 0.200. The van der Waals surface area contributed by atoms with Gasteiger partial charge < -0.3 is 15.1 Å². The molecule has 0 radical (unpaired) electrons. The second-order valence-electron chi connectivity index (χ2n) is 17.1. The van der Waals surface area contributed by atoms with E-state index in [1.807, 2.05) is 72.0 Å². The number of nitriles is 2. The molecule has 0 atom stereocenters. The van der Waals surface area contributed by atoms with E-state index in [-0.39, 0.29) is 11.1 Å². The Kier molecular flexibility index (Phi) is 13.2. The van der Waals surface area contributed by atoms with Crippen LogP contribution in [0, 0.1) is 34.3 Å². The van der Waals surface area contributed by atoms with Crippen molar-refractivity contribution in [1.82, 2.24) is 50.2 Å². The van der Waals surface area contributed by atoms with E-state index < -0.39 is 11.6 Å². The molecule has 0 spiro atoms. The number of piperidine rings is 2. The molecule has 0 saturated carbocycles. The first-order chi connectivity index (χ1) is 32.7. The summed E-state index contributed by atoms with van der Waals surface area (Å²) in [7, 11) is 5.91. The molecule has 14 nitrogen and oxygen atoms in total. The standard InChI is InChI=1S/C26H26FN7.C25H24FN7/c1-32(17-18-7-8-23(27)19(15-18)16-28)20-10-13-34(14-11-20)26-22-6-4-3-5-21(22)25(30-31-26)24-9-12-29-33(24)2;1-32-23(8-11-29-32)24-20-4-2-3-5-21(20)25(31-30-24)33-12-9-19(10-13-33)28-16-17-6-7-22(26)18(14-17)15-27/h3-9,12,15,20H,10-11,13-14,17H2,1-2H3;2-8,11,14,19,28H,9-10,12-13,16H2,1H3. The highest BCUT2D eigenvalue weighted by Gasteiger charge is 2.27. The van der Waals surface area contributed by atoms with Crippen LogP contribution in [0.25, 0.3) is 44.3 Å². The second kappa shape index (κ2) is 19.8. The molecule has 0 amide bonds. The smallest absolute Gasteiger partial charge is 0.159 e. The number of benzene rings is 4. The number of nitrogens with zero attached hydrogens (tertiary/aromatic N) is 13. The zero-order valence-corrected chi connectivity index (χ0v) is 37.7. The van der Waals surface area contributed by atoms with Crippen LogP contribution in [0.4, 0.5) is 20.4 Å². The van der Waals surface area contributed by atoms with Gasteiger partial charge in [-0.1, -0.05) is 60.7 Å². The molecule has 1 N–H and O–H groups in total. The maximum Gasteiger partial charge on any atom is 0.159 e. The summed E-state index contributed by atoms with van der Waals surface area (Å²) in [5.74, 6) is 0.884. The summed E-state index contributed by atoms with van der Waals surface area (Å²) in [5.41, 5.74) is 5.60. The molecule has 8 aromatic rings. The van der Waals surface area contributed by atoms with Crippen LogP contribution in [-0.2, 0) is 27.2 Å². The number of nitrogens with one attached hydrogen (secondary N) is 1. The van der Waals surface area contributed by atoms with Crippen LogP contribution in [0.3, 0.4) is 0 Å². The molecule has 4 aromatic carbocycles. The number of aryl methyl sites for hydroxylation is 2. The van der Waals surface area contributed by atoms with Gasteiger partial charge in [0.05, 0.1) is 22.5 Å². The molecule has 338 valence electrons. The highest BCUT2D eigenvalue weighted by molar-refractivity contribution is 6.00. The van der Waals surface area contributed by atoms with E-state index in [2.05, 4.69) is 81.9 Å². The quantitative estimate of drug-likeness (QED) is 0.142. The fraction of sp³-hybridized carbons (Fsp3) is 0.294. The van der Waals surface area contributed by atoms with Crippen LogP contribution in [0.15, 0.2) is 109 Å². The lowest BCUT2D eigenvalue weighted by atomic mass is 10.0. The van der Waals surface area contributed by atoms with Crippen LogP contribution >= 0.6 is 0 Å². The summed E-state index contributed by atoms with van der Waals surface area (Å²) in [6.07, 6.45) is 7.45. The van der Waals surface area contributed by atoms with Crippen molar-refractivity contribution in [3.8, 4) is 34.9 Å². The van der Waals surface area contributed by atoms with Crippen molar-refractivity contribution in [3.05, 3.63) is 143 Å². The third-order valence-corrected chi connectivity index (χ3v) is 13.0. The zero-order valence-electron chi connectivity index (χ0n) is 37.7. The second-order valence-corrected chi connectivity index (χ2v) is 17.1. The van der Waals surface area contributed by atoms with Crippen molar-refractivity contribution >= 4 is 33.2 Å². The average molecular weight is 897 g/mol. The number of hydrogen-bond acceptors (Lipinski definition) is 12. The lowest BCUT2D eigenvalue weighted by Crippen LogP contribution is -2.43. The molecule has 10 rings (SSSR count). The Labute approximate surface area is 387 Å². The minimum atomic E-state index is -0.475. The van der Waals surface area contributed by atoms with Gasteiger partial charge in [-0.15, -0.1) is 20.4 Å². The first kappa shape index (κ1) is 44.5. The highest BCUT2D eigenvalue weighted by atomic mass is 19.1. The molecular formula is C51H50F2N14. The molecule has 0 unspecified atom stereocenters. The molecule has 0 bridgehead atoms. The Bertz CT molecular complexity index is 3120. The number of fused-ring (bicyclic) bond motifs is 2. The predicted molar refractivity (Wildman–Crippen MR) is 254 cm³/mol. The van der Waals surface area contributed by atoms with E-state index in [4.69, 9.17) is 10.5 Å². The summed E-state index contributed by atoms with van der Waals surface area (Å²) in [5, 5.41) is 53.0. The average Bonchev–Trinajstić information content (AvgIpc) is 4.01. The van der Waals surface area contributed by atoms with E-state index >= 15 is 0 Å². The summed E-state index contributed by atoms with van der Waals surface area (Å²) in [4.78, 5) is 6.91. The molecule has 2 fully saturated rings. The van der Waals surface area contributed by atoms with Crippen molar-refractivity contribution in [2.45, 2.75) is 50.9 Å². The lowest BCUT2D eigenvalue weighted by Gasteiger charge is -2.37. The van der Waals surface area contributed by atoms with Gasteiger partial charge in [0.2, 0.25) is 0 Å². The minimum absolute atomic E-state index is 0.0872. The van der Waals surface area contributed by atoms with Crippen LogP contribution in [0.1, 0.15) is 47.9 Å². The van der Waals surface area contributed by atoms with Crippen LogP contribution in [-0.4, -0.2) is 90.2 Å². The maximum atomic E-state index is 13.6. The third-order valence-electron chi connectivity index (χ3n) is 13.0. The van der Waals surface area contributed by atoms with Gasteiger partial charge in [-0.25, -0.2) is 8.78 Å². The predicted octanol–water partition coefficient (Wildman–Crippen LogP) is 7.94. The van der Waals surface area contributed by atoms with Gasteiger partial charge >= 0.3 is 0 Å². The largest absolute Gasteiger partial charge is 0.354 e. The van der Waals surface area contributed by atoms with E-state index in [9.17, 15) is 8.78 Å². The van der Waals surface area contributed by atoms with Gasteiger partial charge in [0.15, 0.2) is 11.6 Å².